The van der Waals surface area contributed by atoms with E-state index in [0.29, 0.717) is 18.8 Å². The summed E-state index contributed by atoms with van der Waals surface area (Å²) in [5.41, 5.74) is 1.38. The van der Waals surface area contributed by atoms with E-state index in [0.717, 1.165) is 23.3 Å². The standard InChI is InChI=1S/C33H45F3N4O6SSi/c1-23-25(10-9-13-28(23)40(24(2)41)19-20-45-48(6,7)31(3,4)5)14-21-47(43,44)39-17-15-32(16-18-39)30(42)37-29(38-32)26-11-8-12-27(22-26)46-33(34,35)36/h8-13,22H,14-21H2,1-7H3,(H,37,38,42). The number of hydrogen-bond acceptors (Lipinski definition) is 7. The molecule has 4 rings (SSSR count). The lowest BCUT2D eigenvalue weighted by Gasteiger charge is -2.37. The molecule has 1 N–H and O–H groups in total. The number of aryl methyl sites for hydroxylation is 1. The topological polar surface area (TPSA) is 118 Å². The first-order valence-electron chi connectivity index (χ1n) is 15.9. The number of alkyl halides is 3. The van der Waals surface area contributed by atoms with E-state index in [2.05, 4.69) is 48.9 Å². The van der Waals surface area contributed by atoms with Crippen LogP contribution in [-0.2, 0) is 30.5 Å². The van der Waals surface area contributed by atoms with Gasteiger partial charge in [-0.25, -0.2) is 12.7 Å². The van der Waals surface area contributed by atoms with Gasteiger partial charge in [0.05, 0.1) is 12.4 Å². The number of amides is 2. The summed E-state index contributed by atoms with van der Waals surface area (Å²) in [5, 5.41) is 2.68. The normalized spacial score (nSPS) is 17.3. The summed E-state index contributed by atoms with van der Waals surface area (Å²) in [4.78, 5) is 31.9. The van der Waals surface area contributed by atoms with E-state index in [4.69, 9.17) is 4.43 Å². The predicted molar refractivity (Wildman–Crippen MR) is 181 cm³/mol. The maximum Gasteiger partial charge on any atom is 0.573 e. The Morgan fingerprint density at radius 3 is 2.35 bits per heavy atom. The number of nitrogens with one attached hydrogen (secondary N) is 1. The fourth-order valence-electron chi connectivity index (χ4n) is 5.62. The van der Waals surface area contributed by atoms with Crippen molar-refractivity contribution in [2.75, 3.05) is 36.9 Å². The third kappa shape index (κ3) is 8.65. The maximum atomic E-state index is 13.4. The van der Waals surface area contributed by atoms with Gasteiger partial charge in [0.2, 0.25) is 15.9 Å². The number of benzene rings is 2. The number of hydrogen-bond donors (Lipinski definition) is 1. The first-order chi connectivity index (χ1) is 22.1. The Morgan fingerprint density at radius 1 is 1.10 bits per heavy atom. The van der Waals surface area contributed by atoms with E-state index in [-0.39, 0.29) is 60.4 Å². The number of piperidine rings is 1. The van der Waals surface area contributed by atoms with Crippen LogP contribution in [0.25, 0.3) is 0 Å². The van der Waals surface area contributed by atoms with Gasteiger partial charge in [-0.3, -0.25) is 14.6 Å². The molecule has 10 nitrogen and oxygen atoms in total. The number of anilines is 1. The zero-order valence-electron chi connectivity index (χ0n) is 28.5. The van der Waals surface area contributed by atoms with Crippen LogP contribution in [0.5, 0.6) is 5.75 Å². The SMILES string of the molecule is CC(=O)N(CCO[Si](C)(C)C(C)(C)C)c1cccc(CCS(=O)(=O)N2CCC3(CC2)N=C(c2cccc(OC(F)(F)F)c2)NC3=O)c1C. The molecule has 0 aliphatic carbocycles. The van der Waals surface area contributed by atoms with Crippen molar-refractivity contribution in [3.05, 3.63) is 59.2 Å². The first-order valence-corrected chi connectivity index (χ1v) is 20.4. The van der Waals surface area contributed by atoms with Crippen molar-refractivity contribution in [3.8, 4) is 5.75 Å². The summed E-state index contributed by atoms with van der Waals surface area (Å²) < 4.78 is 76.6. The van der Waals surface area contributed by atoms with Crippen molar-refractivity contribution in [3.63, 3.8) is 0 Å². The predicted octanol–water partition coefficient (Wildman–Crippen LogP) is 5.55. The molecule has 15 heteroatoms. The number of nitrogens with zero attached hydrogens (tertiary/aromatic N) is 3. The molecule has 0 aromatic heterocycles. The molecule has 0 atom stereocenters. The van der Waals surface area contributed by atoms with E-state index >= 15 is 0 Å². The highest BCUT2D eigenvalue weighted by atomic mass is 32.2. The van der Waals surface area contributed by atoms with E-state index in [1.54, 1.807) is 4.90 Å². The van der Waals surface area contributed by atoms with Gasteiger partial charge in [-0.2, -0.15) is 0 Å². The second-order valence-corrected chi connectivity index (χ2v) is 20.7. The first kappa shape index (κ1) is 37.5. The third-order valence-electron chi connectivity index (χ3n) is 9.57. The van der Waals surface area contributed by atoms with Gasteiger partial charge in [0.15, 0.2) is 8.32 Å². The molecular weight excluding hydrogens is 666 g/mol. The van der Waals surface area contributed by atoms with E-state index in [1.807, 2.05) is 25.1 Å². The van der Waals surface area contributed by atoms with E-state index in [1.165, 1.54) is 23.4 Å². The quantitative estimate of drug-likeness (QED) is 0.306. The minimum atomic E-state index is -4.87. The smallest absolute Gasteiger partial charge is 0.415 e. The molecule has 48 heavy (non-hydrogen) atoms. The molecule has 0 saturated carbocycles. The minimum Gasteiger partial charge on any atom is -0.415 e. The summed E-state index contributed by atoms with van der Waals surface area (Å²) >= 11 is 0. The Morgan fingerprint density at radius 2 is 1.75 bits per heavy atom. The number of rotatable bonds is 11. The molecule has 2 aromatic carbocycles. The van der Waals surface area contributed by atoms with Crippen LogP contribution in [0, 0.1) is 6.92 Å². The molecule has 0 bridgehead atoms. The summed E-state index contributed by atoms with van der Waals surface area (Å²) in [6.45, 7) is 15.1. The second-order valence-electron chi connectivity index (χ2n) is 13.8. The van der Waals surface area contributed by atoms with Crippen LogP contribution < -0.4 is 15.0 Å². The van der Waals surface area contributed by atoms with Crippen LogP contribution in [0.15, 0.2) is 47.5 Å². The van der Waals surface area contributed by atoms with Crippen molar-refractivity contribution in [1.29, 1.82) is 0 Å². The summed E-state index contributed by atoms with van der Waals surface area (Å²) in [6, 6.07) is 10.7. The summed E-state index contributed by atoms with van der Waals surface area (Å²) in [7, 11) is -5.71. The summed E-state index contributed by atoms with van der Waals surface area (Å²) in [5.74, 6) is -1.04. The molecule has 2 aromatic rings. The molecule has 264 valence electrons. The van der Waals surface area contributed by atoms with Gasteiger partial charge in [-0.05, 0) is 73.6 Å². The van der Waals surface area contributed by atoms with Crippen molar-refractivity contribution in [2.45, 2.75) is 83.9 Å². The van der Waals surface area contributed by atoms with E-state index < -0.39 is 41.9 Å². The molecule has 0 unspecified atom stereocenters. The number of aliphatic imine (C=N–C) groups is 1. The van der Waals surface area contributed by atoms with Crippen molar-refractivity contribution < 1.29 is 40.3 Å². The van der Waals surface area contributed by atoms with Crippen LogP contribution in [-0.4, -0.2) is 82.6 Å². The fraction of sp³-hybridized carbons (Fsp3) is 0.545. The Bertz CT molecular complexity index is 1670. The average molecular weight is 711 g/mol. The third-order valence-corrected chi connectivity index (χ3v) is 16.0. The minimum absolute atomic E-state index is 0.0365. The molecule has 2 aliphatic rings. The fourth-order valence-corrected chi connectivity index (χ4v) is 8.13. The number of carbonyl (C=O) groups is 2. The van der Waals surface area contributed by atoms with Gasteiger partial charge in [-0.15, -0.1) is 13.2 Å². The van der Waals surface area contributed by atoms with E-state index in [9.17, 15) is 31.2 Å². The molecule has 1 fully saturated rings. The lowest BCUT2D eigenvalue weighted by Crippen LogP contribution is -2.50. The van der Waals surface area contributed by atoms with Gasteiger partial charge < -0.3 is 19.4 Å². The molecule has 0 radical (unpaired) electrons. The molecule has 1 saturated heterocycles. The second kappa shape index (κ2) is 13.9. The highest BCUT2D eigenvalue weighted by molar-refractivity contribution is 7.89. The lowest BCUT2D eigenvalue weighted by atomic mass is 9.89. The zero-order chi connectivity index (χ0) is 35.7. The van der Waals surface area contributed by atoms with Gasteiger partial charge in [-0.1, -0.05) is 45.0 Å². The molecule has 2 amide bonds. The number of halogens is 3. The Kier molecular flexibility index (Phi) is 10.9. The van der Waals surface area contributed by atoms with Crippen molar-refractivity contribution >= 4 is 41.7 Å². The van der Waals surface area contributed by atoms with Gasteiger partial charge in [0, 0.05) is 37.8 Å². The molecular formula is C33H45F3N4O6SSi. The van der Waals surface area contributed by atoms with Gasteiger partial charge in [0.1, 0.15) is 17.1 Å². The van der Waals surface area contributed by atoms with Crippen LogP contribution in [0.3, 0.4) is 0 Å². The van der Waals surface area contributed by atoms with Crippen LogP contribution >= 0.6 is 0 Å². The Balaban J connectivity index is 1.40. The van der Waals surface area contributed by atoms with Crippen molar-refractivity contribution in [1.82, 2.24) is 9.62 Å². The highest BCUT2D eigenvalue weighted by Gasteiger charge is 2.47. The lowest BCUT2D eigenvalue weighted by molar-refractivity contribution is -0.274. The number of ether oxygens (including phenoxy) is 1. The Labute approximate surface area is 281 Å². The molecule has 2 aliphatic heterocycles. The largest absolute Gasteiger partial charge is 0.573 e. The molecule has 1 spiro atoms. The summed E-state index contributed by atoms with van der Waals surface area (Å²) in [6.07, 6.45) is -4.39. The van der Waals surface area contributed by atoms with Gasteiger partial charge >= 0.3 is 6.36 Å². The number of sulfonamides is 1. The zero-order valence-corrected chi connectivity index (χ0v) is 30.3. The average Bonchev–Trinajstić information content (AvgIpc) is 3.29. The monoisotopic (exact) mass is 710 g/mol. The molecule has 2 heterocycles. The van der Waals surface area contributed by atoms with Crippen molar-refractivity contribution in [2.24, 2.45) is 4.99 Å². The van der Waals surface area contributed by atoms with Crippen LogP contribution in [0.4, 0.5) is 18.9 Å². The highest BCUT2D eigenvalue weighted by Crippen LogP contribution is 2.37. The maximum absolute atomic E-state index is 13.4. The van der Waals surface area contributed by atoms with Crippen LogP contribution in [0.2, 0.25) is 18.1 Å². The Hall–Kier alpha value is -3.27. The number of carbonyl (C=O) groups excluding carboxylic acids is 2. The number of amidine groups is 1. The van der Waals surface area contributed by atoms with Crippen LogP contribution in [0.1, 0.15) is 57.2 Å². The van der Waals surface area contributed by atoms with Gasteiger partial charge in [0.25, 0.3) is 5.91 Å².